The van der Waals surface area contributed by atoms with E-state index in [1.54, 1.807) is 6.92 Å². The molecule has 0 radical (unpaired) electrons. The summed E-state index contributed by atoms with van der Waals surface area (Å²) in [5, 5.41) is 25.2. The Hall–Kier alpha value is -3.24. The molecule has 1 N–H and O–H groups in total. The Morgan fingerprint density at radius 2 is 1.81 bits per heavy atom. The van der Waals surface area contributed by atoms with Gasteiger partial charge in [0.15, 0.2) is 0 Å². The van der Waals surface area contributed by atoms with Crippen LogP contribution in [0.1, 0.15) is 12.5 Å². The number of ether oxygens (including phenoxy) is 2. The zero-order chi connectivity index (χ0) is 20.0. The van der Waals surface area contributed by atoms with Crippen LogP contribution in [0.25, 0.3) is 0 Å². The number of benzene rings is 2. The van der Waals surface area contributed by atoms with Crippen molar-refractivity contribution >= 4 is 34.8 Å². The summed E-state index contributed by atoms with van der Waals surface area (Å²) in [5.41, 5.74) is -0.878. The molecule has 11 heteroatoms. The molecular weight excluding hydrogens is 382 g/mol. The average molecular weight is 396 g/mol. The van der Waals surface area contributed by atoms with E-state index >= 15 is 0 Å². The van der Waals surface area contributed by atoms with E-state index < -0.39 is 33.1 Å². The quantitative estimate of drug-likeness (QED) is 0.545. The maximum Gasteiger partial charge on any atom is 0.417 e. The van der Waals surface area contributed by atoms with Crippen molar-refractivity contribution in [1.82, 2.24) is 0 Å². The largest absolute Gasteiger partial charge is 0.417 e. The lowest BCUT2D eigenvalue weighted by atomic mass is 10.1. The predicted octanol–water partition coefficient (Wildman–Crippen LogP) is 4.30. The molecule has 0 atom stereocenters. The lowest BCUT2D eigenvalue weighted by Gasteiger charge is -2.11. The van der Waals surface area contributed by atoms with Crippen molar-refractivity contribution in [2.75, 3.05) is 11.9 Å². The Bertz CT molecular complexity index is 871. The number of nitrogens with zero attached hydrogens (tertiary/aromatic N) is 2. The fraction of sp³-hybridized carbons (Fsp3) is 0.188. The molecule has 0 saturated heterocycles. The molecule has 0 aromatic heterocycles. The number of hydrogen-bond donors (Lipinski definition) is 1. The maximum atomic E-state index is 12.1. The minimum absolute atomic E-state index is 0.00371. The Labute approximate surface area is 157 Å². The Balaban J connectivity index is 2.36. The second-order valence-corrected chi connectivity index (χ2v) is 5.56. The molecule has 142 valence electrons. The van der Waals surface area contributed by atoms with E-state index in [0.717, 1.165) is 12.1 Å². The van der Waals surface area contributed by atoms with E-state index in [1.807, 2.05) is 0 Å². The lowest BCUT2D eigenvalue weighted by molar-refractivity contribution is -0.394. The van der Waals surface area contributed by atoms with Gasteiger partial charge in [0.2, 0.25) is 5.75 Å². The van der Waals surface area contributed by atoms with Crippen molar-refractivity contribution in [3.8, 4) is 5.75 Å². The smallest absolute Gasteiger partial charge is 0.402 e. The molecule has 0 bridgehead atoms. The van der Waals surface area contributed by atoms with Crippen molar-refractivity contribution < 1.29 is 24.1 Å². The second-order valence-electron chi connectivity index (χ2n) is 5.13. The first-order valence-electron chi connectivity index (χ1n) is 7.59. The van der Waals surface area contributed by atoms with Crippen LogP contribution in [0.4, 0.5) is 21.9 Å². The van der Waals surface area contributed by atoms with Gasteiger partial charge >= 0.3 is 11.8 Å². The van der Waals surface area contributed by atoms with E-state index in [4.69, 9.17) is 21.1 Å². The van der Waals surface area contributed by atoms with Crippen LogP contribution in [0.5, 0.6) is 5.75 Å². The first-order chi connectivity index (χ1) is 12.8. The standard InChI is InChI=1S/C16H14ClN3O7/c1-2-26-9-10-7-13(19(22)23)8-14(20(24)25)15(10)27-16(21)18-12-5-3-11(17)4-6-12/h3-8H,2,9H2,1H3,(H,18,21). The normalized spacial score (nSPS) is 10.3. The van der Waals surface area contributed by atoms with E-state index in [1.165, 1.54) is 24.3 Å². The zero-order valence-electron chi connectivity index (χ0n) is 14.0. The molecule has 2 aromatic rings. The molecule has 0 spiro atoms. The van der Waals surface area contributed by atoms with Gasteiger partial charge in [0.25, 0.3) is 5.69 Å². The third-order valence-electron chi connectivity index (χ3n) is 3.29. The fourth-order valence-electron chi connectivity index (χ4n) is 2.10. The predicted molar refractivity (Wildman–Crippen MR) is 96.2 cm³/mol. The topological polar surface area (TPSA) is 134 Å². The van der Waals surface area contributed by atoms with Crippen LogP contribution in [0.2, 0.25) is 5.02 Å². The van der Waals surface area contributed by atoms with E-state index in [9.17, 15) is 25.0 Å². The van der Waals surface area contributed by atoms with Gasteiger partial charge in [-0.3, -0.25) is 25.5 Å². The van der Waals surface area contributed by atoms with Gasteiger partial charge in [-0.15, -0.1) is 0 Å². The molecule has 0 saturated carbocycles. The van der Waals surface area contributed by atoms with Crippen molar-refractivity contribution in [3.63, 3.8) is 0 Å². The maximum absolute atomic E-state index is 12.1. The van der Waals surface area contributed by atoms with Gasteiger partial charge in [0.1, 0.15) is 0 Å². The molecule has 0 aliphatic carbocycles. The number of amides is 1. The summed E-state index contributed by atoms with van der Waals surface area (Å²) in [6.45, 7) is 1.73. The minimum Gasteiger partial charge on any atom is -0.402 e. The summed E-state index contributed by atoms with van der Waals surface area (Å²) < 4.78 is 10.2. The molecule has 27 heavy (non-hydrogen) atoms. The third kappa shape index (κ3) is 5.36. The molecule has 2 rings (SSSR count). The monoisotopic (exact) mass is 395 g/mol. The molecule has 0 unspecified atom stereocenters. The first-order valence-corrected chi connectivity index (χ1v) is 7.97. The number of anilines is 1. The first kappa shape index (κ1) is 20.1. The fourth-order valence-corrected chi connectivity index (χ4v) is 2.23. The van der Waals surface area contributed by atoms with E-state index in [-0.39, 0.29) is 18.8 Å². The number of nitro benzene ring substituents is 2. The highest BCUT2D eigenvalue weighted by molar-refractivity contribution is 6.30. The number of nitrogens with one attached hydrogen (secondary N) is 1. The highest BCUT2D eigenvalue weighted by atomic mass is 35.5. The highest BCUT2D eigenvalue weighted by Gasteiger charge is 2.27. The third-order valence-corrected chi connectivity index (χ3v) is 3.54. The molecule has 1 amide bonds. The number of carbonyl (C=O) groups excluding carboxylic acids is 1. The number of non-ortho nitro benzene ring substituents is 1. The number of rotatable bonds is 7. The highest BCUT2D eigenvalue weighted by Crippen LogP contribution is 2.36. The summed E-state index contributed by atoms with van der Waals surface area (Å²) in [5.74, 6) is -0.425. The molecule has 0 aliphatic heterocycles. The number of carbonyl (C=O) groups is 1. The van der Waals surface area contributed by atoms with Gasteiger partial charge < -0.3 is 9.47 Å². The van der Waals surface area contributed by atoms with E-state index in [2.05, 4.69) is 5.32 Å². The van der Waals surface area contributed by atoms with Gasteiger partial charge in [0.05, 0.1) is 22.5 Å². The van der Waals surface area contributed by atoms with Crippen molar-refractivity contribution in [2.24, 2.45) is 0 Å². The van der Waals surface area contributed by atoms with Crippen LogP contribution in [0, 0.1) is 20.2 Å². The Kier molecular flexibility index (Phi) is 6.63. The van der Waals surface area contributed by atoms with Gasteiger partial charge in [-0.2, -0.15) is 0 Å². The van der Waals surface area contributed by atoms with Gasteiger partial charge in [-0.25, -0.2) is 4.79 Å². The SMILES string of the molecule is CCOCc1cc([N+](=O)[O-])cc([N+](=O)[O-])c1OC(=O)Nc1ccc(Cl)cc1. The summed E-state index contributed by atoms with van der Waals surface area (Å²) >= 11 is 5.76. The Morgan fingerprint density at radius 3 is 2.37 bits per heavy atom. The summed E-state index contributed by atoms with van der Waals surface area (Å²) in [7, 11) is 0. The van der Waals surface area contributed by atoms with Crippen LogP contribution in [-0.4, -0.2) is 22.5 Å². The summed E-state index contributed by atoms with van der Waals surface area (Å²) in [4.78, 5) is 32.8. The van der Waals surface area contributed by atoms with Gasteiger partial charge in [-0.05, 0) is 31.2 Å². The summed E-state index contributed by atoms with van der Waals surface area (Å²) in [6, 6.07) is 7.87. The molecule has 0 fully saturated rings. The van der Waals surface area contributed by atoms with Gasteiger partial charge in [0, 0.05) is 28.9 Å². The average Bonchev–Trinajstić information content (AvgIpc) is 2.62. The molecule has 2 aromatic carbocycles. The van der Waals surface area contributed by atoms with Crippen LogP contribution in [0.3, 0.4) is 0 Å². The van der Waals surface area contributed by atoms with Gasteiger partial charge in [-0.1, -0.05) is 11.6 Å². The number of hydrogen-bond acceptors (Lipinski definition) is 7. The second kappa shape index (κ2) is 8.92. The molecular formula is C16H14ClN3O7. The van der Waals surface area contributed by atoms with E-state index in [0.29, 0.717) is 10.7 Å². The number of halogens is 1. The minimum atomic E-state index is -1.01. The number of nitro groups is 2. The molecule has 0 aliphatic rings. The van der Waals surface area contributed by atoms with Crippen molar-refractivity contribution in [1.29, 1.82) is 0 Å². The van der Waals surface area contributed by atoms with Crippen LogP contribution in [0.15, 0.2) is 36.4 Å². The van der Waals surface area contributed by atoms with Crippen LogP contribution < -0.4 is 10.1 Å². The Morgan fingerprint density at radius 1 is 1.15 bits per heavy atom. The van der Waals surface area contributed by atoms with Crippen molar-refractivity contribution in [3.05, 3.63) is 67.2 Å². The molecule has 10 nitrogen and oxygen atoms in total. The zero-order valence-corrected chi connectivity index (χ0v) is 14.8. The van der Waals surface area contributed by atoms with Crippen molar-refractivity contribution in [2.45, 2.75) is 13.5 Å². The van der Waals surface area contributed by atoms with Crippen LogP contribution >= 0.6 is 11.6 Å². The van der Waals surface area contributed by atoms with Crippen LogP contribution in [-0.2, 0) is 11.3 Å². The molecule has 0 heterocycles. The summed E-state index contributed by atoms with van der Waals surface area (Å²) in [6.07, 6.45) is -1.01. The lowest BCUT2D eigenvalue weighted by Crippen LogP contribution is -2.18.